The predicted molar refractivity (Wildman–Crippen MR) is 87.4 cm³/mol. The van der Waals surface area contributed by atoms with Gasteiger partial charge >= 0.3 is 0 Å². The van der Waals surface area contributed by atoms with Crippen LogP contribution in [0, 0.1) is 5.92 Å². The molecular weight excluding hydrogens is 354 g/mol. The largest absolute Gasteiger partial charge is 1.00 e. The lowest BCUT2D eigenvalue weighted by atomic mass is 9.91. The van der Waals surface area contributed by atoms with E-state index in [0.29, 0.717) is 24.2 Å². The number of methoxy groups -OCH3 is 1. The van der Waals surface area contributed by atoms with Crippen molar-refractivity contribution in [3.63, 3.8) is 0 Å². The second-order valence-electron chi connectivity index (χ2n) is 7.40. The molecule has 6 atom stereocenters. The van der Waals surface area contributed by atoms with Crippen LogP contribution in [0.25, 0.3) is 0 Å². The van der Waals surface area contributed by atoms with E-state index >= 15 is 0 Å². The monoisotopic (exact) mass is 387 g/mol. The van der Waals surface area contributed by atoms with Gasteiger partial charge in [0.25, 0.3) is 0 Å². The van der Waals surface area contributed by atoms with Gasteiger partial charge in [-0.3, -0.25) is 0 Å². The molecule has 25 heavy (non-hydrogen) atoms. The van der Waals surface area contributed by atoms with Crippen molar-refractivity contribution in [2.45, 2.75) is 37.6 Å². The molecule has 0 saturated carbocycles. The highest BCUT2D eigenvalue weighted by Gasteiger charge is 2.42. The molecule has 1 heterocycles. The zero-order valence-electron chi connectivity index (χ0n) is 15.8. The molecule has 3 N–H and O–H groups in total. The zero-order valence-corrected chi connectivity index (χ0v) is 16.6. The summed E-state index contributed by atoms with van der Waals surface area (Å²) in [6.07, 6.45) is -3.71. The Kier molecular flexibility index (Phi) is 11.6. The molecule has 1 aliphatic rings. The van der Waals surface area contributed by atoms with Gasteiger partial charge in [-0.25, -0.2) is 0 Å². The van der Waals surface area contributed by atoms with E-state index in [-0.39, 0.29) is 37.6 Å². The lowest BCUT2D eigenvalue weighted by molar-refractivity contribution is -0.873. The highest BCUT2D eigenvalue weighted by molar-refractivity contribution is 4.86. The van der Waals surface area contributed by atoms with Crippen molar-refractivity contribution in [3.05, 3.63) is 0 Å². The first-order valence-electron chi connectivity index (χ1n) is 8.34. The molecule has 0 spiro atoms. The Morgan fingerprint density at radius 3 is 2.24 bits per heavy atom. The van der Waals surface area contributed by atoms with Crippen molar-refractivity contribution < 1.29 is 51.2 Å². The maximum atomic E-state index is 9.99. The summed E-state index contributed by atoms with van der Waals surface area (Å²) in [6.45, 7) is 3.69. The number of nitrogens with zero attached hydrogens (tertiary/aromatic N) is 1. The lowest BCUT2D eigenvalue weighted by Crippen LogP contribution is -3.00. The standard InChI is InChI=1S/C16H34NO7.ClH/c1-11-13(24-16(21-5)15(20)14(11)19)10-23-7-6-22-9-12(18)8-17(2,3)4;/h11-16,18-20H,6-10H2,1-5H3;1H/q+1;/p-1/t11?,12-,13?,14-,15+,16+;/m0./s1. The van der Waals surface area contributed by atoms with Gasteiger partial charge in [-0.1, -0.05) is 6.92 Å². The van der Waals surface area contributed by atoms with Gasteiger partial charge in [0.1, 0.15) is 18.8 Å². The Hall–Kier alpha value is -0.0300. The molecule has 0 amide bonds. The van der Waals surface area contributed by atoms with Gasteiger partial charge in [0.05, 0.1) is 59.8 Å². The number of rotatable bonds is 10. The number of quaternary nitrogens is 1. The van der Waals surface area contributed by atoms with E-state index in [2.05, 4.69) is 0 Å². The summed E-state index contributed by atoms with van der Waals surface area (Å²) in [6, 6.07) is 0. The van der Waals surface area contributed by atoms with Gasteiger partial charge in [0.2, 0.25) is 0 Å². The van der Waals surface area contributed by atoms with E-state index < -0.39 is 24.6 Å². The molecule has 8 nitrogen and oxygen atoms in total. The number of hydrogen-bond acceptors (Lipinski definition) is 7. The van der Waals surface area contributed by atoms with Crippen LogP contribution >= 0.6 is 0 Å². The van der Waals surface area contributed by atoms with E-state index in [4.69, 9.17) is 18.9 Å². The van der Waals surface area contributed by atoms with E-state index in [9.17, 15) is 15.3 Å². The third-order valence-electron chi connectivity index (χ3n) is 4.02. The fourth-order valence-corrected chi connectivity index (χ4v) is 2.68. The Morgan fingerprint density at radius 1 is 1.08 bits per heavy atom. The Morgan fingerprint density at radius 2 is 1.68 bits per heavy atom. The lowest BCUT2D eigenvalue weighted by Gasteiger charge is -2.40. The minimum atomic E-state index is -1.06. The highest BCUT2D eigenvalue weighted by Crippen LogP contribution is 2.26. The van der Waals surface area contributed by atoms with E-state index in [1.165, 1.54) is 7.11 Å². The minimum absolute atomic E-state index is 0. The Labute approximate surface area is 156 Å². The topological polar surface area (TPSA) is 97.6 Å². The molecule has 1 aliphatic heterocycles. The van der Waals surface area contributed by atoms with Gasteiger partial charge in [-0.15, -0.1) is 0 Å². The van der Waals surface area contributed by atoms with Crippen molar-refractivity contribution in [1.82, 2.24) is 0 Å². The van der Waals surface area contributed by atoms with Gasteiger partial charge in [-0.05, 0) is 0 Å². The minimum Gasteiger partial charge on any atom is -1.00 e. The molecule has 0 aromatic heterocycles. The van der Waals surface area contributed by atoms with Gasteiger partial charge in [0, 0.05) is 13.0 Å². The number of ether oxygens (including phenoxy) is 4. The van der Waals surface area contributed by atoms with Crippen LogP contribution in [-0.4, -0.2) is 112 Å². The number of halogens is 1. The fraction of sp³-hybridized carbons (Fsp3) is 1.00. The van der Waals surface area contributed by atoms with E-state index in [0.717, 1.165) is 0 Å². The van der Waals surface area contributed by atoms with Crippen LogP contribution in [0.3, 0.4) is 0 Å². The maximum absolute atomic E-state index is 9.99. The van der Waals surface area contributed by atoms with Crippen molar-refractivity contribution in [3.8, 4) is 0 Å². The summed E-state index contributed by atoms with van der Waals surface area (Å²) >= 11 is 0. The number of hydrogen-bond donors (Lipinski definition) is 3. The third-order valence-corrected chi connectivity index (χ3v) is 4.02. The van der Waals surface area contributed by atoms with Crippen LogP contribution in [0.15, 0.2) is 0 Å². The zero-order chi connectivity index (χ0) is 18.3. The first-order valence-corrected chi connectivity index (χ1v) is 8.34. The van der Waals surface area contributed by atoms with Crippen LogP contribution in [-0.2, 0) is 18.9 Å². The van der Waals surface area contributed by atoms with Crippen LogP contribution in [0.4, 0.5) is 0 Å². The number of aliphatic hydroxyl groups is 3. The highest BCUT2D eigenvalue weighted by atomic mass is 35.5. The quantitative estimate of drug-likeness (QED) is 0.258. The molecule has 0 bridgehead atoms. The van der Waals surface area contributed by atoms with Crippen molar-refractivity contribution in [2.24, 2.45) is 5.92 Å². The summed E-state index contributed by atoms with van der Waals surface area (Å²) in [5.74, 6) is -0.265. The molecule has 0 aromatic rings. The maximum Gasteiger partial charge on any atom is 0.186 e. The molecule has 152 valence electrons. The molecule has 0 radical (unpaired) electrons. The van der Waals surface area contributed by atoms with Gasteiger partial charge in [-0.2, -0.15) is 0 Å². The molecule has 0 aromatic carbocycles. The molecular formula is C16H34ClNO7. The average Bonchev–Trinajstić information content (AvgIpc) is 2.48. The summed E-state index contributed by atoms with van der Waals surface area (Å²) in [7, 11) is 7.45. The SMILES string of the molecule is CO[C@@H]1OC(COCCOC[C@@H](O)C[N+](C)(C)C)C(C)[C@H](O)[C@H]1O.[Cl-]. The Bertz CT molecular complexity index is 354. The predicted octanol–water partition coefficient (Wildman–Crippen LogP) is -4.18. The van der Waals surface area contributed by atoms with Crippen LogP contribution in [0.5, 0.6) is 0 Å². The second-order valence-corrected chi connectivity index (χ2v) is 7.40. The third kappa shape index (κ3) is 8.94. The molecule has 1 rings (SSSR count). The average molecular weight is 388 g/mol. The summed E-state index contributed by atoms with van der Waals surface area (Å²) in [5.41, 5.74) is 0. The van der Waals surface area contributed by atoms with Crippen LogP contribution in [0.1, 0.15) is 6.92 Å². The van der Waals surface area contributed by atoms with Crippen LogP contribution in [0.2, 0.25) is 0 Å². The number of likely N-dealkylation sites (N-methyl/N-ethyl adjacent to an activating group) is 1. The van der Waals surface area contributed by atoms with E-state index in [1.54, 1.807) is 6.92 Å². The smallest absolute Gasteiger partial charge is 0.186 e. The first kappa shape index (κ1) is 25.0. The van der Waals surface area contributed by atoms with Gasteiger partial charge < -0.3 is 51.2 Å². The molecule has 2 unspecified atom stereocenters. The molecule has 1 fully saturated rings. The second kappa shape index (κ2) is 11.6. The molecule has 1 saturated heterocycles. The van der Waals surface area contributed by atoms with Gasteiger partial charge in [0.15, 0.2) is 6.29 Å². The van der Waals surface area contributed by atoms with Crippen molar-refractivity contribution in [2.75, 3.05) is 61.2 Å². The van der Waals surface area contributed by atoms with Crippen molar-refractivity contribution in [1.29, 1.82) is 0 Å². The first-order chi connectivity index (χ1) is 11.2. The summed E-state index contributed by atoms with van der Waals surface area (Å²) in [5, 5.41) is 29.6. The van der Waals surface area contributed by atoms with Crippen molar-refractivity contribution >= 4 is 0 Å². The summed E-state index contributed by atoms with van der Waals surface area (Å²) < 4.78 is 22.2. The molecule has 0 aliphatic carbocycles. The van der Waals surface area contributed by atoms with E-state index in [1.807, 2.05) is 21.1 Å². The summed E-state index contributed by atoms with van der Waals surface area (Å²) in [4.78, 5) is 0. The fourth-order valence-electron chi connectivity index (χ4n) is 2.68. The molecule has 9 heteroatoms. The van der Waals surface area contributed by atoms with Crippen LogP contribution < -0.4 is 12.4 Å². The normalized spacial score (nSPS) is 31.4. The number of aliphatic hydroxyl groups excluding tert-OH is 3. The Balaban J connectivity index is 0.00000576.